The lowest BCUT2D eigenvalue weighted by Crippen LogP contribution is -2.44. The van der Waals surface area contributed by atoms with Crippen LogP contribution in [-0.2, 0) is 0 Å². The number of likely N-dealkylation sites (N-methyl/N-ethyl adjacent to an activating group) is 1. The maximum Gasteiger partial charge on any atom is 0.137 e. The Morgan fingerprint density at radius 1 is 0.897 bits per heavy atom. The first kappa shape index (κ1) is 17.8. The van der Waals surface area contributed by atoms with Crippen LogP contribution in [0.1, 0.15) is 5.56 Å². The average Bonchev–Trinajstić information content (AvgIpc) is 3.18. The minimum atomic E-state index is 0.892. The second-order valence-electron chi connectivity index (χ2n) is 7.71. The Morgan fingerprint density at radius 3 is 2.59 bits per heavy atom. The van der Waals surface area contributed by atoms with Gasteiger partial charge in [0.15, 0.2) is 0 Å². The molecule has 0 aliphatic carbocycles. The average molecular weight is 384 g/mol. The molecular formula is C23H24N6. The van der Waals surface area contributed by atoms with E-state index in [1.54, 1.807) is 0 Å². The third-order valence-electron chi connectivity index (χ3n) is 5.76. The molecule has 4 aromatic heterocycles. The van der Waals surface area contributed by atoms with Gasteiger partial charge in [0.05, 0.1) is 0 Å². The van der Waals surface area contributed by atoms with Crippen molar-refractivity contribution >= 4 is 16.9 Å². The number of aryl methyl sites for hydroxylation is 1. The zero-order valence-electron chi connectivity index (χ0n) is 16.8. The van der Waals surface area contributed by atoms with Crippen LogP contribution >= 0.6 is 0 Å². The molecule has 1 aliphatic rings. The number of H-pyrrole nitrogens is 1. The molecule has 5 heterocycles. The van der Waals surface area contributed by atoms with E-state index in [1.165, 1.54) is 5.56 Å². The van der Waals surface area contributed by atoms with Crippen LogP contribution in [0.3, 0.4) is 0 Å². The summed E-state index contributed by atoms with van der Waals surface area (Å²) in [6, 6.07) is 8.50. The van der Waals surface area contributed by atoms with Gasteiger partial charge in [-0.1, -0.05) is 0 Å². The molecule has 0 aromatic carbocycles. The van der Waals surface area contributed by atoms with Crippen LogP contribution in [0.25, 0.3) is 33.3 Å². The quantitative estimate of drug-likeness (QED) is 0.583. The Hall–Kier alpha value is -3.25. The summed E-state index contributed by atoms with van der Waals surface area (Å²) in [7, 11) is 2.17. The van der Waals surface area contributed by atoms with Crippen LogP contribution in [0.4, 0.5) is 5.82 Å². The van der Waals surface area contributed by atoms with E-state index in [4.69, 9.17) is 0 Å². The zero-order valence-corrected chi connectivity index (χ0v) is 16.8. The Morgan fingerprint density at radius 2 is 1.76 bits per heavy atom. The Kier molecular flexibility index (Phi) is 4.48. The smallest absolute Gasteiger partial charge is 0.137 e. The zero-order chi connectivity index (χ0) is 19.8. The molecule has 29 heavy (non-hydrogen) atoms. The second kappa shape index (κ2) is 7.29. The van der Waals surface area contributed by atoms with Crippen LogP contribution in [-0.4, -0.2) is 58.1 Å². The number of nitrogens with one attached hydrogen (secondary N) is 1. The summed E-state index contributed by atoms with van der Waals surface area (Å²) in [5.74, 6) is 1.04. The third-order valence-corrected chi connectivity index (χ3v) is 5.76. The summed E-state index contributed by atoms with van der Waals surface area (Å²) in [6.07, 6.45) is 9.59. The lowest BCUT2D eigenvalue weighted by Gasteiger charge is -2.33. The molecule has 0 bridgehead atoms. The van der Waals surface area contributed by atoms with Gasteiger partial charge in [0.2, 0.25) is 0 Å². The molecule has 0 unspecified atom stereocenters. The minimum Gasteiger partial charge on any atom is -0.354 e. The van der Waals surface area contributed by atoms with E-state index in [9.17, 15) is 0 Å². The fourth-order valence-electron chi connectivity index (χ4n) is 3.95. The van der Waals surface area contributed by atoms with E-state index < -0.39 is 0 Å². The summed E-state index contributed by atoms with van der Waals surface area (Å²) in [6.45, 7) is 6.25. The van der Waals surface area contributed by atoms with E-state index in [-0.39, 0.29) is 0 Å². The summed E-state index contributed by atoms with van der Waals surface area (Å²) in [4.78, 5) is 21.6. The van der Waals surface area contributed by atoms with Gasteiger partial charge in [-0.15, -0.1) is 0 Å². The van der Waals surface area contributed by atoms with Crippen molar-refractivity contribution in [2.45, 2.75) is 6.92 Å². The highest BCUT2D eigenvalue weighted by atomic mass is 15.3. The minimum absolute atomic E-state index is 0.892. The van der Waals surface area contributed by atoms with Gasteiger partial charge < -0.3 is 14.8 Å². The molecule has 1 N–H and O–H groups in total. The van der Waals surface area contributed by atoms with Crippen molar-refractivity contribution in [1.29, 1.82) is 0 Å². The maximum atomic E-state index is 4.65. The standard InChI is InChI=1S/C23H24N6/c1-16-3-5-24-14-20(16)18-11-19-21(15-27-23(19)26-13-18)17-4-6-25-22(12-17)29-9-7-28(2)8-10-29/h3-6,11-15H,7-10H2,1-2H3,(H,26,27). The highest BCUT2D eigenvalue weighted by Gasteiger charge is 2.17. The molecule has 0 amide bonds. The topological polar surface area (TPSA) is 60.9 Å². The molecule has 6 nitrogen and oxygen atoms in total. The molecule has 0 atom stereocenters. The van der Waals surface area contributed by atoms with Crippen LogP contribution in [0.5, 0.6) is 0 Å². The molecule has 146 valence electrons. The number of hydrogen-bond donors (Lipinski definition) is 1. The van der Waals surface area contributed by atoms with Gasteiger partial charge in [0.25, 0.3) is 0 Å². The number of pyridine rings is 3. The van der Waals surface area contributed by atoms with Crippen molar-refractivity contribution in [3.8, 4) is 22.3 Å². The molecule has 1 saturated heterocycles. The van der Waals surface area contributed by atoms with E-state index in [0.29, 0.717) is 0 Å². The van der Waals surface area contributed by atoms with Crippen molar-refractivity contribution < 1.29 is 0 Å². The molecule has 0 saturated carbocycles. The third kappa shape index (κ3) is 3.36. The summed E-state index contributed by atoms with van der Waals surface area (Å²) >= 11 is 0. The molecule has 5 rings (SSSR count). The Balaban J connectivity index is 1.55. The summed E-state index contributed by atoms with van der Waals surface area (Å²) in [5, 5.41) is 1.11. The first-order chi connectivity index (χ1) is 14.2. The van der Waals surface area contributed by atoms with Crippen molar-refractivity contribution in [2.24, 2.45) is 0 Å². The van der Waals surface area contributed by atoms with Gasteiger partial charge in [-0.25, -0.2) is 9.97 Å². The first-order valence-electron chi connectivity index (χ1n) is 9.97. The summed E-state index contributed by atoms with van der Waals surface area (Å²) < 4.78 is 0. The predicted molar refractivity (Wildman–Crippen MR) is 117 cm³/mol. The van der Waals surface area contributed by atoms with Crippen molar-refractivity contribution in [2.75, 3.05) is 38.1 Å². The summed E-state index contributed by atoms with van der Waals surface area (Å²) in [5.41, 5.74) is 6.58. The fourth-order valence-corrected chi connectivity index (χ4v) is 3.95. The van der Waals surface area contributed by atoms with Crippen molar-refractivity contribution in [3.63, 3.8) is 0 Å². The van der Waals surface area contributed by atoms with Crippen LogP contribution in [0.2, 0.25) is 0 Å². The molecule has 0 spiro atoms. The van der Waals surface area contributed by atoms with Crippen LogP contribution < -0.4 is 4.90 Å². The molecule has 1 fully saturated rings. The number of piperazine rings is 1. The highest BCUT2D eigenvalue weighted by molar-refractivity contribution is 5.96. The van der Waals surface area contributed by atoms with E-state index >= 15 is 0 Å². The maximum absolute atomic E-state index is 4.65. The number of nitrogens with zero attached hydrogens (tertiary/aromatic N) is 5. The fraction of sp³-hybridized carbons (Fsp3) is 0.261. The number of anilines is 1. The van der Waals surface area contributed by atoms with Gasteiger partial charge in [-0.05, 0) is 49.4 Å². The first-order valence-corrected chi connectivity index (χ1v) is 9.97. The number of fused-ring (bicyclic) bond motifs is 1. The largest absolute Gasteiger partial charge is 0.354 e. The number of aromatic nitrogens is 4. The number of hydrogen-bond acceptors (Lipinski definition) is 5. The highest BCUT2D eigenvalue weighted by Crippen LogP contribution is 2.32. The molecule has 1 aliphatic heterocycles. The normalized spacial score (nSPS) is 15.2. The van der Waals surface area contributed by atoms with Crippen LogP contribution in [0, 0.1) is 6.92 Å². The van der Waals surface area contributed by atoms with Gasteiger partial charge in [0.1, 0.15) is 11.5 Å². The molecule has 0 radical (unpaired) electrons. The number of aromatic amines is 1. The van der Waals surface area contributed by atoms with E-state index in [1.807, 2.05) is 37.1 Å². The van der Waals surface area contributed by atoms with Gasteiger partial charge in [-0.2, -0.15) is 0 Å². The lowest BCUT2D eigenvalue weighted by atomic mass is 10.0. The SMILES string of the molecule is Cc1ccncc1-c1cnc2[nH]cc(-c3ccnc(N4CCN(C)CC4)c3)c2c1. The molecule has 4 aromatic rings. The molecular weight excluding hydrogens is 360 g/mol. The number of rotatable bonds is 3. The lowest BCUT2D eigenvalue weighted by molar-refractivity contribution is 0.312. The second-order valence-corrected chi connectivity index (χ2v) is 7.71. The van der Waals surface area contributed by atoms with Crippen molar-refractivity contribution in [1.82, 2.24) is 24.8 Å². The van der Waals surface area contributed by atoms with Crippen LogP contribution in [0.15, 0.2) is 55.2 Å². The Bertz CT molecular complexity index is 1160. The van der Waals surface area contributed by atoms with E-state index in [0.717, 1.165) is 65.3 Å². The monoisotopic (exact) mass is 384 g/mol. The van der Waals surface area contributed by atoms with Gasteiger partial charge in [-0.3, -0.25) is 4.98 Å². The van der Waals surface area contributed by atoms with Crippen molar-refractivity contribution in [3.05, 3.63) is 60.8 Å². The Labute approximate surface area is 170 Å². The molecule has 6 heteroatoms. The predicted octanol–water partition coefficient (Wildman–Crippen LogP) is 3.75. The van der Waals surface area contributed by atoms with Gasteiger partial charge >= 0.3 is 0 Å². The van der Waals surface area contributed by atoms with E-state index in [2.05, 4.69) is 61.9 Å². The van der Waals surface area contributed by atoms with Gasteiger partial charge in [0, 0.05) is 79.2 Å².